The van der Waals surface area contributed by atoms with Gasteiger partial charge in [-0.2, -0.15) is 4.40 Å². The van der Waals surface area contributed by atoms with Crippen LogP contribution in [0.1, 0.15) is 40.7 Å². The molecular formula is C24H19ClN4O3S2. The first-order valence-corrected chi connectivity index (χ1v) is 13.2. The smallest absolute Gasteiger partial charge is 0.256 e. The molecule has 0 aliphatic heterocycles. The third kappa shape index (κ3) is 4.34. The van der Waals surface area contributed by atoms with Gasteiger partial charge in [0.15, 0.2) is 5.78 Å². The number of hydrogen-bond donors (Lipinski definition) is 1. The van der Waals surface area contributed by atoms with Gasteiger partial charge in [-0.1, -0.05) is 29.8 Å². The zero-order chi connectivity index (χ0) is 24.0. The van der Waals surface area contributed by atoms with Crippen molar-refractivity contribution in [2.75, 3.05) is 5.73 Å². The quantitative estimate of drug-likeness (QED) is 0.284. The van der Waals surface area contributed by atoms with Crippen molar-refractivity contribution in [3.8, 4) is 11.3 Å². The van der Waals surface area contributed by atoms with E-state index < -0.39 is 15.3 Å². The van der Waals surface area contributed by atoms with E-state index in [0.717, 1.165) is 15.6 Å². The molecule has 2 N–H and O–H groups in total. The van der Waals surface area contributed by atoms with Gasteiger partial charge in [-0.3, -0.25) is 9.78 Å². The molecule has 172 valence electrons. The molecule has 7 nitrogen and oxygen atoms in total. The van der Waals surface area contributed by atoms with Crippen molar-refractivity contribution >= 4 is 60.4 Å². The van der Waals surface area contributed by atoms with E-state index in [-0.39, 0.29) is 28.0 Å². The van der Waals surface area contributed by atoms with E-state index in [1.165, 1.54) is 18.3 Å². The number of ketones is 1. The van der Waals surface area contributed by atoms with E-state index in [1.54, 1.807) is 30.5 Å². The highest BCUT2D eigenvalue weighted by molar-refractivity contribution is 7.91. The SMILES string of the molecule is CC(=O)c1ccnc(-c2cccc3cc(/C(=N/S(=O)(=O)C4CC4)c4nc(N)ccc4Cl)sc23)c1. The number of aromatic nitrogens is 2. The van der Waals surface area contributed by atoms with Gasteiger partial charge in [0.2, 0.25) is 0 Å². The molecule has 0 bridgehead atoms. The second-order valence-electron chi connectivity index (χ2n) is 8.04. The van der Waals surface area contributed by atoms with Crippen LogP contribution in [0.3, 0.4) is 0 Å². The van der Waals surface area contributed by atoms with E-state index in [0.29, 0.717) is 29.0 Å². The number of carbonyl (C=O) groups is 1. The first-order chi connectivity index (χ1) is 16.2. The lowest BCUT2D eigenvalue weighted by Gasteiger charge is -2.07. The Morgan fingerprint density at radius 1 is 1.18 bits per heavy atom. The van der Waals surface area contributed by atoms with Gasteiger partial charge in [-0.05, 0) is 55.5 Å². The lowest BCUT2D eigenvalue weighted by molar-refractivity contribution is 0.101. The number of fused-ring (bicyclic) bond motifs is 1. The van der Waals surface area contributed by atoms with Gasteiger partial charge >= 0.3 is 0 Å². The number of nitrogens with zero attached hydrogens (tertiary/aromatic N) is 3. The lowest BCUT2D eigenvalue weighted by Crippen LogP contribution is -2.12. The number of pyridine rings is 2. The van der Waals surface area contributed by atoms with Gasteiger partial charge in [-0.25, -0.2) is 13.4 Å². The van der Waals surface area contributed by atoms with Crippen molar-refractivity contribution in [2.45, 2.75) is 25.0 Å². The molecule has 4 aromatic rings. The Labute approximate surface area is 205 Å². The second-order valence-corrected chi connectivity index (χ2v) is 11.4. The summed E-state index contributed by atoms with van der Waals surface area (Å²) in [5.74, 6) is 0.160. The molecule has 1 saturated carbocycles. The van der Waals surface area contributed by atoms with E-state index >= 15 is 0 Å². The van der Waals surface area contributed by atoms with Crippen molar-refractivity contribution < 1.29 is 13.2 Å². The molecule has 0 radical (unpaired) electrons. The van der Waals surface area contributed by atoms with Crippen LogP contribution in [0.15, 0.2) is 59.1 Å². The molecule has 0 unspecified atom stereocenters. The van der Waals surface area contributed by atoms with Crippen molar-refractivity contribution in [1.82, 2.24) is 9.97 Å². The Bertz CT molecular complexity index is 1590. The fourth-order valence-electron chi connectivity index (χ4n) is 3.57. The van der Waals surface area contributed by atoms with Crippen LogP contribution in [-0.2, 0) is 10.0 Å². The van der Waals surface area contributed by atoms with Crippen molar-refractivity contribution in [1.29, 1.82) is 0 Å². The Kier molecular flexibility index (Phi) is 5.71. The Hall–Kier alpha value is -3.14. The molecule has 5 rings (SSSR count). The van der Waals surface area contributed by atoms with E-state index in [1.807, 2.05) is 24.3 Å². The van der Waals surface area contributed by atoms with Gasteiger partial charge in [-0.15, -0.1) is 11.3 Å². The van der Waals surface area contributed by atoms with Gasteiger partial charge in [0, 0.05) is 22.0 Å². The van der Waals surface area contributed by atoms with Crippen LogP contribution >= 0.6 is 22.9 Å². The summed E-state index contributed by atoms with van der Waals surface area (Å²) in [6.07, 6.45) is 2.78. The Morgan fingerprint density at radius 3 is 2.71 bits per heavy atom. The average molecular weight is 511 g/mol. The largest absolute Gasteiger partial charge is 0.384 e. The molecular weight excluding hydrogens is 492 g/mol. The number of rotatable bonds is 6. The molecule has 0 atom stereocenters. The van der Waals surface area contributed by atoms with Crippen LogP contribution in [-0.4, -0.2) is 35.1 Å². The van der Waals surface area contributed by atoms with Crippen molar-refractivity contribution in [3.05, 3.63) is 75.9 Å². The number of carbonyl (C=O) groups excluding carboxylic acids is 1. The normalized spacial score (nSPS) is 14.5. The molecule has 1 aliphatic carbocycles. The molecule has 0 spiro atoms. The maximum absolute atomic E-state index is 12.8. The number of anilines is 1. The summed E-state index contributed by atoms with van der Waals surface area (Å²) in [5, 5.41) is 0.655. The van der Waals surface area contributed by atoms with E-state index in [9.17, 15) is 13.2 Å². The molecule has 1 aromatic carbocycles. The number of benzene rings is 1. The van der Waals surface area contributed by atoms with Crippen LogP contribution < -0.4 is 5.73 Å². The van der Waals surface area contributed by atoms with Crippen LogP contribution in [0.25, 0.3) is 21.3 Å². The van der Waals surface area contributed by atoms with Crippen molar-refractivity contribution in [3.63, 3.8) is 0 Å². The number of nitrogens with two attached hydrogens (primary N) is 1. The standard InChI is InChI=1S/C24H19ClN4O3S2/c1-13(30)14-9-10-27-19(11-14)17-4-2-3-15-12-20(33-24(15)17)23(29-34(31,32)16-5-6-16)22-18(25)7-8-21(26)28-22/h2-4,7-12,16H,5-6H2,1H3,(H2,26,28)/b29-23-. The highest BCUT2D eigenvalue weighted by Gasteiger charge is 2.36. The topological polar surface area (TPSA) is 115 Å². The van der Waals surface area contributed by atoms with Crippen molar-refractivity contribution in [2.24, 2.45) is 4.40 Å². The molecule has 34 heavy (non-hydrogen) atoms. The Morgan fingerprint density at radius 2 is 1.97 bits per heavy atom. The highest BCUT2D eigenvalue weighted by atomic mass is 35.5. The number of hydrogen-bond acceptors (Lipinski definition) is 7. The first-order valence-electron chi connectivity index (χ1n) is 10.5. The molecule has 1 fully saturated rings. The van der Waals surface area contributed by atoms with Crippen LogP contribution in [0.2, 0.25) is 5.02 Å². The van der Waals surface area contributed by atoms with Gasteiger partial charge in [0.05, 0.1) is 20.8 Å². The third-order valence-corrected chi connectivity index (χ3v) is 8.72. The summed E-state index contributed by atoms with van der Waals surface area (Å²) in [6, 6.07) is 14.1. The first kappa shape index (κ1) is 22.6. The predicted octanol–water partition coefficient (Wildman–Crippen LogP) is 5.13. The fraction of sp³-hybridized carbons (Fsp3) is 0.167. The van der Waals surface area contributed by atoms with Crippen LogP contribution in [0, 0.1) is 0 Å². The lowest BCUT2D eigenvalue weighted by atomic mass is 10.1. The van der Waals surface area contributed by atoms with Gasteiger partial charge < -0.3 is 5.73 Å². The summed E-state index contributed by atoms with van der Waals surface area (Å²) in [5.41, 5.74) is 8.31. The fourth-order valence-corrected chi connectivity index (χ4v) is 6.32. The maximum Gasteiger partial charge on any atom is 0.256 e. The molecule has 10 heteroatoms. The highest BCUT2D eigenvalue weighted by Crippen LogP contribution is 2.37. The van der Waals surface area contributed by atoms with E-state index in [2.05, 4.69) is 14.4 Å². The zero-order valence-corrected chi connectivity index (χ0v) is 20.4. The molecule has 0 saturated heterocycles. The molecule has 3 heterocycles. The number of halogens is 1. The molecule has 0 amide bonds. The summed E-state index contributed by atoms with van der Waals surface area (Å²) in [4.78, 5) is 21.2. The minimum absolute atomic E-state index is 0.0511. The summed E-state index contributed by atoms with van der Waals surface area (Å²) in [6.45, 7) is 1.51. The third-order valence-electron chi connectivity index (χ3n) is 5.48. The number of thiophene rings is 1. The number of nitrogen functional groups attached to an aromatic ring is 1. The second kappa shape index (κ2) is 8.57. The minimum atomic E-state index is -3.72. The Balaban J connectivity index is 1.72. The molecule has 1 aliphatic rings. The van der Waals surface area contributed by atoms with Gasteiger partial charge in [0.1, 0.15) is 17.2 Å². The van der Waals surface area contributed by atoms with Crippen LogP contribution in [0.5, 0.6) is 0 Å². The predicted molar refractivity (Wildman–Crippen MR) is 136 cm³/mol. The average Bonchev–Trinajstić information content (AvgIpc) is 3.59. The van der Waals surface area contributed by atoms with Gasteiger partial charge in [0.25, 0.3) is 10.0 Å². The summed E-state index contributed by atoms with van der Waals surface area (Å²) < 4.78 is 30.7. The van der Waals surface area contributed by atoms with Crippen LogP contribution in [0.4, 0.5) is 5.82 Å². The summed E-state index contributed by atoms with van der Waals surface area (Å²) >= 11 is 7.77. The minimum Gasteiger partial charge on any atom is -0.384 e. The number of sulfonamides is 1. The monoisotopic (exact) mass is 510 g/mol. The zero-order valence-electron chi connectivity index (χ0n) is 18.0. The molecule has 3 aromatic heterocycles. The summed E-state index contributed by atoms with van der Waals surface area (Å²) in [7, 11) is -3.72. The maximum atomic E-state index is 12.8. The number of Topliss-reactive ketones (excluding diaryl/α,β-unsaturated/α-hetero) is 1. The van der Waals surface area contributed by atoms with E-state index in [4.69, 9.17) is 17.3 Å².